The van der Waals surface area contributed by atoms with E-state index in [0.29, 0.717) is 11.3 Å². The lowest BCUT2D eigenvalue weighted by atomic mass is 10.00. The Bertz CT molecular complexity index is 516. The molecule has 0 amide bonds. The summed E-state index contributed by atoms with van der Waals surface area (Å²) in [7, 11) is 1.36. The lowest BCUT2D eigenvalue weighted by molar-refractivity contribution is -0.109. The van der Waals surface area contributed by atoms with Crippen LogP contribution in [0.4, 0.5) is 0 Å². The number of thioether (sulfide) groups is 1. The first-order valence-corrected chi connectivity index (χ1v) is 7.26. The lowest BCUT2D eigenvalue weighted by Crippen LogP contribution is -2.20. The third-order valence-electron chi connectivity index (χ3n) is 2.88. The third kappa shape index (κ3) is 5.04. The quantitative estimate of drug-likeness (QED) is 0.700. The van der Waals surface area contributed by atoms with Gasteiger partial charge in [0.15, 0.2) is 5.12 Å². The summed E-state index contributed by atoms with van der Waals surface area (Å²) in [5.74, 6) is -0.517. The van der Waals surface area contributed by atoms with Gasteiger partial charge in [0.2, 0.25) is 0 Å². The topological polar surface area (TPSA) is 104 Å². The molecule has 1 aromatic rings. The maximum atomic E-state index is 10.9. The van der Waals surface area contributed by atoms with E-state index in [-0.39, 0.29) is 22.8 Å². The van der Waals surface area contributed by atoms with Crippen LogP contribution in [0.3, 0.4) is 0 Å². The Hall–Kier alpha value is -1.57. The first kappa shape index (κ1) is 17.5. The summed E-state index contributed by atoms with van der Waals surface area (Å²) in [5.41, 5.74) is 0.340. The Morgan fingerprint density at radius 2 is 2.00 bits per heavy atom. The number of carboxylic acids is 1. The Balaban J connectivity index is 2.83. The molecule has 0 radical (unpaired) electrons. The summed E-state index contributed by atoms with van der Waals surface area (Å²) in [6, 6.07) is 4.03. The molecule has 2 atom stereocenters. The minimum absolute atomic E-state index is 0.0319. The third-order valence-corrected chi connectivity index (χ3v) is 3.73. The summed E-state index contributed by atoms with van der Waals surface area (Å²) in [4.78, 5) is 21.7. The fourth-order valence-electron chi connectivity index (χ4n) is 1.78. The van der Waals surface area contributed by atoms with E-state index >= 15 is 0 Å². The molecule has 116 valence electrons. The molecule has 0 aliphatic rings. The van der Waals surface area contributed by atoms with Crippen molar-refractivity contribution in [2.75, 3.05) is 12.9 Å². The summed E-state index contributed by atoms with van der Waals surface area (Å²) >= 11 is 1.07. The molecule has 0 saturated carbocycles. The predicted octanol–water partition coefficient (Wildman–Crippen LogP) is 1.46. The zero-order valence-corrected chi connectivity index (χ0v) is 12.6. The average Bonchev–Trinajstić information content (AvgIpc) is 2.45. The first-order chi connectivity index (χ1) is 9.86. The molecular weight excluding hydrogens is 296 g/mol. The van der Waals surface area contributed by atoms with Gasteiger partial charge in [-0.15, -0.1) is 0 Å². The van der Waals surface area contributed by atoms with E-state index in [1.54, 1.807) is 0 Å². The molecule has 1 aromatic carbocycles. The van der Waals surface area contributed by atoms with Crippen molar-refractivity contribution in [3.63, 3.8) is 0 Å². The van der Waals surface area contributed by atoms with Gasteiger partial charge in [-0.2, -0.15) is 0 Å². The highest BCUT2D eigenvalue weighted by molar-refractivity contribution is 8.13. The first-order valence-electron chi connectivity index (χ1n) is 6.27. The predicted molar refractivity (Wildman–Crippen MR) is 78.7 cm³/mol. The van der Waals surface area contributed by atoms with Gasteiger partial charge in [-0.3, -0.25) is 4.79 Å². The zero-order valence-electron chi connectivity index (χ0n) is 11.8. The number of ether oxygens (including phenoxy) is 1. The maximum absolute atomic E-state index is 10.9. The number of benzene rings is 1. The Labute approximate surface area is 126 Å². The highest BCUT2D eigenvalue weighted by atomic mass is 32.2. The molecule has 0 spiro atoms. The van der Waals surface area contributed by atoms with Crippen LogP contribution in [0.2, 0.25) is 0 Å². The van der Waals surface area contributed by atoms with Crippen LogP contribution < -0.4 is 4.74 Å². The smallest absolute Gasteiger partial charge is 0.335 e. The van der Waals surface area contributed by atoms with Crippen LogP contribution in [-0.4, -0.2) is 45.4 Å². The second kappa shape index (κ2) is 8.02. The normalized spacial score (nSPS) is 13.5. The molecule has 0 heterocycles. The number of aliphatic hydroxyl groups is 2. The molecule has 0 aliphatic heterocycles. The molecule has 21 heavy (non-hydrogen) atoms. The maximum Gasteiger partial charge on any atom is 0.335 e. The Morgan fingerprint density at radius 3 is 2.52 bits per heavy atom. The van der Waals surface area contributed by atoms with Crippen molar-refractivity contribution in [2.45, 2.75) is 25.6 Å². The van der Waals surface area contributed by atoms with E-state index in [4.69, 9.17) is 9.84 Å². The number of methoxy groups -OCH3 is 1. The average molecular weight is 314 g/mol. The van der Waals surface area contributed by atoms with E-state index < -0.39 is 18.2 Å². The van der Waals surface area contributed by atoms with E-state index in [9.17, 15) is 19.8 Å². The zero-order chi connectivity index (χ0) is 16.0. The molecule has 2 unspecified atom stereocenters. The van der Waals surface area contributed by atoms with Crippen molar-refractivity contribution < 1.29 is 29.6 Å². The van der Waals surface area contributed by atoms with Crippen molar-refractivity contribution in [2.24, 2.45) is 0 Å². The van der Waals surface area contributed by atoms with Crippen molar-refractivity contribution in [3.8, 4) is 5.75 Å². The fraction of sp³-hybridized carbons (Fsp3) is 0.429. The van der Waals surface area contributed by atoms with E-state index in [0.717, 1.165) is 11.8 Å². The van der Waals surface area contributed by atoms with Gasteiger partial charge < -0.3 is 20.1 Å². The SMILES string of the molecule is COc1cc(C(=O)O)ccc1C(O)C(O)CCSC(C)=O. The standard InChI is InChI=1S/C14H18O6S/c1-8(15)21-6-5-11(16)13(17)10-4-3-9(14(18)19)7-12(10)20-2/h3-4,7,11,13,16-17H,5-6H2,1-2H3,(H,18,19). The van der Waals surface area contributed by atoms with Crippen molar-refractivity contribution in [1.82, 2.24) is 0 Å². The van der Waals surface area contributed by atoms with Gasteiger partial charge in [-0.05, 0) is 18.6 Å². The molecular formula is C14H18O6S. The monoisotopic (exact) mass is 314 g/mol. The molecule has 7 heteroatoms. The van der Waals surface area contributed by atoms with E-state index in [2.05, 4.69) is 0 Å². The lowest BCUT2D eigenvalue weighted by Gasteiger charge is -2.20. The van der Waals surface area contributed by atoms with Crippen LogP contribution in [0.25, 0.3) is 0 Å². The minimum atomic E-state index is -1.21. The molecule has 1 rings (SSSR count). The fourth-order valence-corrected chi connectivity index (χ4v) is 2.42. The number of hydrogen-bond donors (Lipinski definition) is 3. The molecule has 0 fully saturated rings. The number of rotatable bonds is 7. The summed E-state index contributed by atoms with van der Waals surface area (Å²) in [6.07, 6.45) is -2.05. The van der Waals surface area contributed by atoms with E-state index in [1.165, 1.54) is 32.2 Å². The summed E-state index contributed by atoms with van der Waals surface area (Å²) in [5, 5.41) is 28.9. The Morgan fingerprint density at radius 1 is 1.33 bits per heavy atom. The number of aliphatic hydroxyl groups excluding tert-OH is 2. The molecule has 0 aliphatic carbocycles. The van der Waals surface area contributed by atoms with Crippen molar-refractivity contribution in [1.29, 1.82) is 0 Å². The van der Waals surface area contributed by atoms with Gasteiger partial charge in [0.25, 0.3) is 0 Å². The molecule has 0 aromatic heterocycles. The van der Waals surface area contributed by atoms with Crippen LogP contribution in [0, 0.1) is 0 Å². The van der Waals surface area contributed by atoms with Crippen molar-refractivity contribution >= 4 is 22.8 Å². The molecule has 3 N–H and O–H groups in total. The van der Waals surface area contributed by atoms with Gasteiger partial charge in [-0.25, -0.2) is 4.79 Å². The number of carbonyl (C=O) groups excluding carboxylic acids is 1. The number of carbonyl (C=O) groups is 2. The highest BCUT2D eigenvalue weighted by Crippen LogP contribution is 2.30. The molecule has 0 saturated heterocycles. The van der Waals surface area contributed by atoms with Gasteiger partial charge in [0.05, 0.1) is 18.8 Å². The second-order valence-corrected chi connectivity index (χ2v) is 5.67. The molecule has 0 bridgehead atoms. The van der Waals surface area contributed by atoms with Crippen LogP contribution in [0.1, 0.15) is 35.4 Å². The van der Waals surface area contributed by atoms with Crippen LogP contribution >= 0.6 is 11.8 Å². The Kier molecular flexibility index (Phi) is 6.67. The highest BCUT2D eigenvalue weighted by Gasteiger charge is 2.22. The number of aromatic carboxylic acids is 1. The van der Waals surface area contributed by atoms with Gasteiger partial charge in [0, 0.05) is 18.2 Å². The largest absolute Gasteiger partial charge is 0.496 e. The van der Waals surface area contributed by atoms with Gasteiger partial charge in [0.1, 0.15) is 11.9 Å². The number of carboxylic acid groups (broad SMARTS) is 1. The van der Waals surface area contributed by atoms with Gasteiger partial charge >= 0.3 is 5.97 Å². The van der Waals surface area contributed by atoms with Crippen molar-refractivity contribution in [3.05, 3.63) is 29.3 Å². The van der Waals surface area contributed by atoms with Crippen LogP contribution in [-0.2, 0) is 4.79 Å². The minimum Gasteiger partial charge on any atom is -0.496 e. The van der Waals surface area contributed by atoms with Crippen LogP contribution in [0.5, 0.6) is 5.75 Å². The summed E-state index contributed by atoms with van der Waals surface area (Å²) < 4.78 is 5.06. The van der Waals surface area contributed by atoms with Crippen LogP contribution in [0.15, 0.2) is 18.2 Å². The van der Waals surface area contributed by atoms with E-state index in [1.807, 2.05) is 0 Å². The second-order valence-electron chi connectivity index (χ2n) is 4.40. The summed E-state index contributed by atoms with van der Waals surface area (Å²) in [6.45, 7) is 1.43. The molecule has 6 nitrogen and oxygen atoms in total. The van der Waals surface area contributed by atoms with Gasteiger partial charge in [-0.1, -0.05) is 17.8 Å². The number of hydrogen-bond acceptors (Lipinski definition) is 6.